The van der Waals surface area contributed by atoms with Crippen LogP contribution in [0.15, 0.2) is 0 Å². The van der Waals surface area contributed by atoms with Crippen LogP contribution in [0.25, 0.3) is 0 Å². The Balaban J connectivity index is 2.71. The third-order valence-corrected chi connectivity index (χ3v) is 3.23. The molecule has 4 heteroatoms. The first-order valence-electron chi connectivity index (χ1n) is 4.85. The molecular weight excluding hydrogens is 184 g/mol. The van der Waals surface area contributed by atoms with Gasteiger partial charge in [0.2, 0.25) is 0 Å². The molecule has 4 unspecified atom stereocenters. The molecule has 0 N–H and O–H groups in total. The Morgan fingerprint density at radius 2 is 1.21 bits per heavy atom. The molecule has 4 atom stereocenters. The minimum absolute atomic E-state index is 0.140. The summed E-state index contributed by atoms with van der Waals surface area (Å²) in [7, 11) is 0. The average molecular weight is 198 g/mol. The maximum Gasteiger partial charge on any atom is 0.0448 e. The standard InChI is InChI=1S/C10H16O4/c1-5-3-8(10(13)14)6(2)4-7(5)9(11)12/h5-8H,3-4H2,1-2H3,(H,11,12)(H,13,14)/p-2. The van der Waals surface area contributed by atoms with E-state index in [-0.39, 0.29) is 11.8 Å². The molecule has 1 saturated carbocycles. The number of carbonyl (C=O) groups excluding carboxylic acids is 2. The van der Waals surface area contributed by atoms with Crippen molar-refractivity contribution in [2.45, 2.75) is 26.7 Å². The molecule has 0 aromatic rings. The van der Waals surface area contributed by atoms with Crippen molar-refractivity contribution in [3.05, 3.63) is 0 Å². The van der Waals surface area contributed by atoms with Crippen molar-refractivity contribution < 1.29 is 19.8 Å². The van der Waals surface area contributed by atoms with Crippen molar-refractivity contribution in [1.29, 1.82) is 0 Å². The van der Waals surface area contributed by atoms with Crippen LogP contribution >= 0.6 is 0 Å². The molecule has 80 valence electrons. The summed E-state index contributed by atoms with van der Waals surface area (Å²) in [4.78, 5) is 21.4. The van der Waals surface area contributed by atoms with Gasteiger partial charge in [-0.1, -0.05) is 13.8 Å². The monoisotopic (exact) mass is 198 g/mol. The zero-order chi connectivity index (χ0) is 10.9. The predicted octanol–water partition coefficient (Wildman–Crippen LogP) is -1.22. The fourth-order valence-electron chi connectivity index (χ4n) is 2.25. The van der Waals surface area contributed by atoms with Crippen LogP contribution in [0.3, 0.4) is 0 Å². The first kappa shape index (κ1) is 11.0. The SMILES string of the molecule is CC1CC(C(=O)[O-])C(C)CC1C(=O)[O-]. The minimum Gasteiger partial charge on any atom is -0.550 e. The Bertz CT molecular complexity index is 223. The second-order valence-corrected chi connectivity index (χ2v) is 4.28. The molecule has 0 amide bonds. The van der Waals surface area contributed by atoms with E-state index in [2.05, 4.69) is 0 Å². The molecule has 1 aliphatic carbocycles. The number of carboxylic acid groups (broad SMARTS) is 2. The van der Waals surface area contributed by atoms with Crippen molar-refractivity contribution >= 4 is 11.9 Å². The maximum absolute atomic E-state index is 10.7. The van der Waals surface area contributed by atoms with Gasteiger partial charge in [-0.25, -0.2) is 0 Å². The van der Waals surface area contributed by atoms with Crippen LogP contribution in [-0.4, -0.2) is 11.9 Å². The Morgan fingerprint density at radius 3 is 1.43 bits per heavy atom. The van der Waals surface area contributed by atoms with Gasteiger partial charge in [0.05, 0.1) is 0 Å². The topological polar surface area (TPSA) is 80.3 Å². The van der Waals surface area contributed by atoms with E-state index in [9.17, 15) is 19.8 Å². The summed E-state index contributed by atoms with van der Waals surface area (Å²) in [5.74, 6) is -3.44. The average Bonchev–Trinajstić information content (AvgIpc) is 2.07. The third-order valence-electron chi connectivity index (χ3n) is 3.23. The van der Waals surface area contributed by atoms with E-state index in [1.807, 2.05) is 0 Å². The molecule has 0 spiro atoms. The molecule has 1 fully saturated rings. The minimum atomic E-state index is -1.07. The Labute approximate surface area is 82.9 Å². The molecule has 0 heterocycles. The summed E-state index contributed by atoms with van der Waals surface area (Å²) < 4.78 is 0. The highest BCUT2D eigenvalue weighted by Crippen LogP contribution is 2.37. The fraction of sp³-hybridized carbons (Fsp3) is 0.800. The largest absolute Gasteiger partial charge is 0.550 e. The van der Waals surface area contributed by atoms with Crippen molar-refractivity contribution in [3.8, 4) is 0 Å². The van der Waals surface area contributed by atoms with Gasteiger partial charge < -0.3 is 19.8 Å². The summed E-state index contributed by atoms with van der Waals surface area (Å²) >= 11 is 0. The number of carboxylic acids is 2. The summed E-state index contributed by atoms with van der Waals surface area (Å²) in [6.07, 6.45) is 0.754. The van der Waals surface area contributed by atoms with Crippen LogP contribution in [0.2, 0.25) is 0 Å². The number of carbonyl (C=O) groups is 2. The highest BCUT2D eigenvalue weighted by molar-refractivity contribution is 5.71. The van der Waals surface area contributed by atoms with E-state index in [4.69, 9.17) is 0 Å². The summed E-state index contributed by atoms with van der Waals surface area (Å²) in [6.45, 7) is 3.50. The molecule has 1 rings (SSSR count). The maximum atomic E-state index is 10.7. The molecule has 1 aliphatic rings. The fourth-order valence-corrected chi connectivity index (χ4v) is 2.25. The molecule has 0 radical (unpaired) electrons. The van der Waals surface area contributed by atoms with Crippen molar-refractivity contribution in [3.63, 3.8) is 0 Å². The zero-order valence-corrected chi connectivity index (χ0v) is 8.36. The summed E-state index contributed by atoms with van der Waals surface area (Å²) in [5.41, 5.74) is 0. The van der Waals surface area contributed by atoms with E-state index in [1.165, 1.54) is 0 Å². The van der Waals surface area contributed by atoms with Crippen LogP contribution in [0.4, 0.5) is 0 Å². The lowest BCUT2D eigenvalue weighted by Gasteiger charge is -2.39. The molecular formula is C10H14O4-2. The molecule has 0 aromatic carbocycles. The second-order valence-electron chi connectivity index (χ2n) is 4.28. The van der Waals surface area contributed by atoms with E-state index >= 15 is 0 Å². The van der Waals surface area contributed by atoms with Gasteiger partial charge in [0.25, 0.3) is 0 Å². The van der Waals surface area contributed by atoms with Gasteiger partial charge in [0.1, 0.15) is 0 Å². The van der Waals surface area contributed by atoms with E-state index in [0.717, 1.165) is 0 Å². The van der Waals surface area contributed by atoms with Gasteiger partial charge in [0.15, 0.2) is 0 Å². The smallest absolute Gasteiger partial charge is 0.0448 e. The number of aliphatic carboxylic acids is 2. The van der Waals surface area contributed by atoms with Gasteiger partial charge in [-0.05, 0) is 24.7 Å². The first-order valence-corrected chi connectivity index (χ1v) is 4.85. The Hall–Kier alpha value is -1.06. The summed E-state index contributed by atoms with van der Waals surface area (Å²) in [6, 6.07) is 0. The number of rotatable bonds is 2. The van der Waals surface area contributed by atoms with Gasteiger partial charge in [0, 0.05) is 23.8 Å². The van der Waals surface area contributed by atoms with Crippen LogP contribution < -0.4 is 10.2 Å². The predicted molar refractivity (Wildman–Crippen MR) is 44.6 cm³/mol. The normalized spacial score (nSPS) is 37.9. The van der Waals surface area contributed by atoms with E-state index in [0.29, 0.717) is 12.8 Å². The van der Waals surface area contributed by atoms with Crippen molar-refractivity contribution in [1.82, 2.24) is 0 Å². The molecule has 14 heavy (non-hydrogen) atoms. The summed E-state index contributed by atoms with van der Waals surface area (Å²) in [5, 5.41) is 21.4. The number of hydrogen-bond acceptors (Lipinski definition) is 4. The van der Waals surface area contributed by atoms with Crippen LogP contribution in [-0.2, 0) is 9.59 Å². The third kappa shape index (κ3) is 2.05. The first-order chi connectivity index (χ1) is 6.43. The van der Waals surface area contributed by atoms with E-state index < -0.39 is 23.8 Å². The molecule has 0 aromatic heterocycles. The Kier molecular flexibility index (Phi) is 3.13. The quantitative estimate of drug-likeness (QED) is 0.557. The Morgan fingerprint density at radius 1 is 0.929 bits per heavy atom. The lowest BCUT2D eigenvalue weighted by atomic mass is 9.69. The van der Waals surface area contributed by atoms with Gasteiger partial charge in [-0.15, -0.1) is 0 Å². The van der Waals surface area contributed by atoms with Crippen LogP contribution in [0.1, 0.15) is 26.7 Å². The van der Waals surface area contributed by atoms with Gasteiger partial charge >= 0.3 is 0 Å². The van der Waals surface area contributed by atoms with Crippen molar-refractivity contribution in [2.24, 2.45) is 23.7 Å². The highest BCUT2D eigenvalue weighted by Gasteiger charge is 2.33. The van der Waals surface area contributed by atoms with E-state index in [1.54, 1.807) is 13.8 Å². The molecule has 0 saturated heterocycles. The molecule has 0 aliphatic heterocycles. The van der Waals surface area contributed by atoms with Gasteiger partial charge in [-0.3, -0.25) is 0 Å². The second kappa shape index (κ2) is 3.98. The number of hydrogen-bond donors (Lipinski definition) is 0. The molecule has 4 nitrogen and oxygen atoms in total. The lowest BCUT2D eigenvalue weighted by molar-refractivity contribution is -0.322. The molecule has 0 bridgehead atoms. The highest BCUT2D eigenvalue weighted by atomic mass is 16.4. The van der Waals surface area contributed by atoms with Crippen LogP contribution in [0, 0.1) is 23.7 Å². The van der Waals surface area contributed by atoms with Crippen LogP contribution in [0.5, 0.6) is 0 Å². The zero-order valence-electron chi connectivity index (χ0n) is 8.36. The lowest BCUT2D eigenvalue weighted by Crippen LogP contribution is -2.45. The van der Waals surface area contributed by atoms with Crippen molar-refractivity contribution in [2.75, 3.05) is 0 Å². The van der Waals surface area contributed by atoms with Gasteiger partial charge in [-0.2, -0.15) is 0 Å².